The number of benzene rings is 2. The molecular formula is C20H20N2O4. The van der Waals surface area contributed by atoms with E-state index >= 15 is 0 Å². The Morgan fingerprint density at radius 1 is 1.00 bits per heavy atom. The minimum atomic E-state index is 0.0300. The van der Waals surface area contributed by atoms with Gasteiger partial charge in [0.25, 0.3) is 5.91 Å². The lowest BCUT2D eigenvalue weighted by Crippen LogP contribution is -2.54. The average Bonchev–Trinajstić information content (AvgIpc) is 3.28. The van der Waals surface area contributed by atoms with Crippen LogP contribution < -0.4 is 14.4 Å². The first-order chi connectivity index (χ1) is 12.8. The van der Waals surface area contributed by atoms with Gasteiger partial charge >= 0.3 is 0 Å². The Bertz CT molecular complexity index is 826. The van der Waals surface area contributed by atoms with E-state index in [0.717, 1.165) is 36.8 Å². The van der Waals surface area contributed by atoms with Gasteiger partial charge in [-0.25, -0.2) is 0 Å². The highest BCUT2D eigenvalue weighted by molar-refractivity contribution is 5.95. The number of fused-ring (bicyclic) bond motifs is 2. The van der Waals surface area contributed by atoms with E-state index in [1.54, 1.807) is 0 Å². The van der Waals surface area contributed by atoms with Crippen molar-refractivity contribution in [3.05, 3.63) is 54.1 Å². The van der Waals surface area contributed by atoms with Crippen molar-refractivity contribution in [1.82, 2.24) is 4.90 Å². The van der Waals surface area contributed by atoms with Gasteiger partial charge in [0.2, 0.25) is 6.79 Å². The van der Waals surface area contributed by atoms with Gasteiger partial charge in [0.15, 0.2) is 11.5 Å². The lowest BCUT2D eigenvalue weighted by Gasteiger charge is -2.36. The number of nitrogens with zero attached hydrogens (tertiary/aromatic N) is 2. The highest BCUT2D eigenvalue weighted by Crippen LogP contribution is 2.34. The van der Waals surface area contributed by atoms with Gasteiger partial charge in [-0.3, -0.25) is 9.69 Å². The molecule has 0 aliphatic carbocycles. The first-order valence-corrected chi connectivity index (χ1v) is 8.87. The maximum absolute atomic E-state index is 12.5. The molecule has 2 atom stereocenters. The lowest BCUT2D eigenvalue weighted by molar-refractivity contribution is -0.130. The molecule has 26 heavy (non-hydrogen) atoms. The van der Waals surface area contributed by atoms with E-state index in [1.165, 1.54) is 5.56 Å². The highest BCUT2D eigenvalue weighted by atomic mass is 16.7. The number of rotatable bonds is 3. The van der Waals surface area contributed by atoms with Crippen LogP contribution in [0.3, 0.4) is 0 Å². The van der Waals surface area contributed by atoms with Crippen LogP contribution in [0, 0.1) is 0 Å². The largest absolute Gasteiger partial charge is 0.454 e. The van der Waals surface area contributed by atoms with Gasteiger partial charge in [0.05, 0.1) is 12.1 Å². The summed E-state index contributed by atoms with van der Waals surface area (Å²) in [4.78, 5) is 16.7. The molecule has 2 saturated heterocycles. The van der Waals surface area contributed by atoms with Crippen LogP contribution in [0.15, 0.2) is 48.5 Å². The summed E-state index contributed by atoms with van der Waals surface area (Å²) in [6.07, 6.45) is 0.0434. The van der Waals surface area contributed by atoms with Gasteiger partial charge in [-0.2, -0.15) is 0 Å². The molecule has 3 aliphatic rings. The molecule has 2 unspecified atom stereocenters. The average molecular weight is 352 g/mol. The van der Waals surface area contributed by atoms with E-state index in [0.29, 0.717) is 0 Å². The summed E-state index contributed by atoms with van der Waals surface area (Å²) in [5, 5.41) is 0. The molecular weight excluding hydrogens is 332 g/mol. The SMILES string of the molecule is O=C1COC2CN(Cc3ccc4c(c3)OCO4)CC2N1c1ccccc1. The van der Waals surface area contributed by atoms with Crippen LogP contribution in [0.1, 0.15) is 5.56 Å². The molecule has 0 N–H and O–H groups in total. The Labute approximate surface area is 151 Å². The molecule has 6 nitrogen and oxygen atoms in total. The van der Waals surface area contributed by atoms with Crippen molar-refractivity contribution in [1.29, 1.82) is 0 Å². The molecule has 0 radical (unpaired) electrons. The number of carbonyl (C=O) groups is 1. The number of likely N-dealkylation sites (tertiary alicyclic amines) is 1. The zero-order valence-corrected chi connectivity index (χ0v) is 14.3. The number of amides is 1. The molecule has 2 aromatic rings. The molecule has 5 rings (SSSR count). The fourth-order valence-electron chi connectivity index (χ4n) is 4.03. The van der Waals surface area contributed by atoms with Crippen LogP contribution in [-0.2, 0) is 16.1 Å². The van der Waals surface area contributed by atoms with Gasteiger partial charge in [-0.15, -0.1) is 0 Å². The Morgan fingerprint density at radius 3 is 2.73 bits per heavy atom. The molecule has 0 bridgehead atoms. The summed E-state index contributed by atoms with van der Waals surface area (Å²) in [5.41, 5.74) is 2.12. The highest BCUT2D eigenvalue weighted by Gasteiger charge is 2.43. The number of hydrogen-bond acceptors (Lipinski definition) is 5. The third-order valence-corrected chi connectivity index (χ3v) is 5.21. The number of hydrogen-bond donors (Lipinski definition) is 0. The number of anilines is 1. The van der Waals surface area contributed by atoms with Crippen molar-refractivity contribution in [3.63, 3.8) is 0 Å². The first kappa shape index (κ1) is 15.7. The zero-order valence-electron chi connectivity index (χ0n) is 14.3. The van der Waals surface area contributed by atoms with Crippen LogP contribution in [0.4, 0.5) is 5.69 Å². The fraction of sp³-hybridized carbons (Fsp3) is 0.350. The van der Waals surface area contributed by atoms with Crippen LogP contribution >= 0.6 is 0 Å². The molecule has 6 heteroatoms. The molecule has 3 heterocycles. The maximum atomic E-state index is 12.5. The standard InChI is InChI=1S/C20H20N2O4/c23-20-12-24-19-11-21(9-14-6-7-17-18(8-14)26-13-25-17)10-16(19)22(20)15-4-2-1-3-5-15/h1-8,16,19H,9-13H2. The Hall–Kier alpha value is -2.57. The van der Waals surface area contributed by atoms with Gasteiger partial charge in [-0.1, -0.05) is 24.3 Å². The van der Waals surface area contributed by atoms with Gasteiger partial charge in [0, 0.05) is 25.3 Å². The molecule has 0 saturated carbocycles. The van der Waals surface area contributed by atoms with Crippen LogP contribution in [0.2, 0.25) is 0 Å². The monoisotopic (exact) mass is 352 g/mol. The van der Waals surface area contributed by atoms with E-state index in [2.05, 4.69) is 11.0 Å². The zero-order chi connectivity index (χ0) is 17.5. The van der Waals surface area contributed by atoms with Crippen molar-refractivity contribution in [2.45, 2.75) is 18.7 Å². The molecule has 0 aromatic heterocycles. The van der Waals surface area contributed by atoms with Crippen molar-refractivity contribution < 1.29 is 19.0 Å². The molecule has 2 fully saturated rings. The van der Waals surface area contributed by atoms with Crippen LogP contribution in [-0.4, -0.2) is 49.4 Å². The third-order valence-electron chi connectivity index (χ3n) is 5.21. The van der Waals surface area contributed by atoms with Gasteiger partial charge in [0.1, 0.15) is 6.61 Å². The molecule has 0 spiro atoms. The van der Waals surface area contributed by atoms with Crippen LogP contribution in [0.5, 0.6) is 11.5 Å². The van der Waals surface area contributed by atoms with E-state index in [-0.39, 0.29) is 31.5 Å². The molecule has 3 aliphatic heterocycles. The van der Waals surface area contributed by atoms with Crippen molar-refractivity contribution >= 4 is 11.6 Å². The summed E-state index contributed by atoms with van der Waals surface area (Å²) < 4.78 is 16.7. The first-order valence-electron chi connectivity index (χ1n) is 8.87. The normalized spacial score (nSPS) is 24.8. The van der Waals surface area contributed by atoms with Gasteiger partial charge < -0.3 is 19.1 Å². The second-order valence-corrected chi connectivity index (χ2v) is 6.90. The summed E-state index contributed by atoms with van der Waals surface area (Å²) in [5.74, 6) is 1.63. The molecule has 1 amide bonds. The van der Waals surface area contributed by atoms with Crippen molar-refractivity contribution in [3.8, 4) is 11.5 Å². The van der Waals surface area contributed by atoms with Crippen LogP contribution in [0.25, 0.3) is 0 Å². The van der Waals surface area contributed by atoms with Gasteiger partial charge in [-0.05, 0) is 29.8 Å². The minimum absolute atomic E-state index is 0.0300. The minimum Gasteiger partial charge on any atom is -0.454 e. The smallest absolute Gasteiger partial charge is 0.253 e. The Kier molecular flexibility index (Phi) is 3.80. The summed E-state index contributed by atoms with van der Waals surface area (Å²) >= 11 is 0. The number of ether oxygens (including phenoxy) is 3. The Morgan fingerprint density at radius 2 is 1.85 bits per heavy atom. The molecule has 134 valence electrons. The predicted octanol–water partition coefficient (Wildman–Crippen LogP) is 2.03. The van der Waals surface area contributed by atoms with Crippen molar-refractivity contribution in [2.75, 3.05) is 31.4 Å². The predicted molar refractivity (Wildman–Crippen MR) is 95.3 cm³/mol. The van der Waals surface area contributed by atoms with E-state index < -0.39 is 0 Å². The quantitative estimate of drug-likeness (QED) is 0.846. The number of carbonyl (C=O) groups excluding carboxylic acids is 1. The summed E-state index contributed by atoms with van der Waals surface area (Å²) in [7, 11) is 0. The maximum Gasteiger partial charge on any atom is 0.253 e. The second-order valence-electron chi connectivity index (χ2n) is 6.90. The second kappa shape index (κ2) is 6.30. The van der Waals surface area contributed by atoms with E-state index in [4.69, 9.17) is 14.2 Å². The summed E-state index contributed by atoms with van der Waals surface area (Å²) in [6.45, 7) is 2.84. The lowest BCUT2D eigenvalue weighted by atomic mass is 10.1. The molecule has 2 aromatic carbocycles. The van der Waals surface area contributed by atoms with Crippen molar-refractivity contribution in [2.24, 2.45) is 0 Å². The third kappa shape index (κ3) is 2.71. The van der Waals surface area contributed by atoms with E-state index in [1.807, 2.05) is 47.4 Å². The Balaban J connectivity index is 1.34. The topological polar surface area (TPSA) is 51.2 Å². The summed E-state index contributed by atoms with van der Waals surface area (Å²) in [6, 6.07) is 16.0. The number of para-hydroxylation sites is 1. The number of morpholine rings is 1. The fourth-order valence-corrected chi connectivity index (χ4v) is 4.03. The van der Waals surface area contributed by atoms with E-state index in [9.17, 15) is 4.79 Å².